The SMILES string of the molecule is CCNC(=O)/C=C/Cc1c[nH]c2ncnc(OC3CCC(F)(F)CC3)c12. The first-order chi connectivity index (χ1) is 12.5. The maximum Gasteiger partial charge on any atom is 0.248 e. The number of aromatic amines is 1. The lowest BCUT2D eigenvalue weighted by Gasteiger charge is -2.28. The minimum absolute atomic E-state index is 0.150. The zero-order chi connectivity index (χ0) is 18.6. The second kappa shape index (κ2) is 7.80. The number of H-pyrrole nitrogens is 1. The van der Waals surface area contributed by atoms with Crippen LogP contribution in [0.4, 0.5) is 8.78 Å². The quantitative estimate of drug-likeness (QED) is 0.772. The first-order valence-electron chi connectivity index (χ1n) is 8.78. The highest BCUT2D eigenvalue weighted by Gasteiger charge is 2.36. The molecule has 8 heteroatoms. The predicted molar refractivity (Wildman–Crippen MR) is 93.2 cm³/mol. The number of carbonyl (C=O) groups is 1. The van der Waals surface area contributed by atoms with E-state index >= 15 is 0 Å². The van der Waals surface area contributed by atoms with Crippen LogP contribution in [0.5, 0.6) is 5.88 Å². The third-order valence-electron chi connectivity index (χ3n) is 4.42. The molecule has 2 aromatic heterocycles. The summed E-state index contributed by atoms with van der Waals surface area (Å²) in [5, 5.41) is 3.42. The smallest absolute Gasteiger partial charge is 0.248 e. The van der Waals surface area contributed by atoms with Crippen LogP contribution in [0.2, 0.25) is 0 Å². The average Bonchev–Trinajstić information content (AvgIpc) is 3.01. The van der Waals surface area contributed by atoms with Gasteiger partial charge in [0.15, 0.2) is 0 Å². The predicted octanol–water partition coefficient (Wildman–Crippen LogP) is 3.15. The molecule has 0 unspecified atom stereocenters. The van der Waals surface area contributed by atoms with Crippen LogP contribution >= 0.6 is 0 Å². The molecule has 140 valence electrons. The Morgan fingerprint density at radius 3 is 2.92 bits per heavy atom. The van der Waals surface area contributed by atoms with Crippen LogP contribution in [0.1, 0.15) is 38.2 Å². The van der Waals surface area contributed by atoms with Crippen molar-refractivity contribution in [3.05, 3.63) is 30.2 Å². The van der Waals surface area contributed by atoms with E-state index in [0.717, 1.165) is 10.9 Å². The summed E-state index contributed by atoms with van der Waals surface area (Å²) in [6, 6.07) is 0. The van der Waals surface area contributed by atoms with E-state index in [4.69, 9.17) is 4.74 Å². The number of ether oxygens (including phenoxy) is 1. The van der Waals surface area contributed by atoms with Crippen molar-refractivity contribution in [3.8, 4) is 5.88 Å². The lowest BCUT2D eigenvalue weighted by molar-refractivity contribution is -0.116. The number of carbonyl (C=O) groups excluding carboxylic acids is 1. The van der Waals surface area contributed by atoms with Crippen molar-refractivity contribution in [2.75, 3.05) is 6.54 Å². The van der Waals surface area contributed by atoms with Gasteiger partial charge in [0.2, 0.25) is 17.7 Å². The van der Waals surface area contributed by atoms with Gasteiger partial charge < -0.3 is 15.0 Å². The number of aromatic nitrogens is 3. The summed E-state index contributed by atoms with van der Waals surface area (Å²) in [5.41, 5.74) is 1.51. The van der Waals surface area contributed by atoms with Gasteiger partial charge in [0.1, 0.15) is 18.1 Å². The molecule has 2 aromatic rings. The second-order valence-electron chi connectivity index (χ2n) is 6.39. The number of rotatable bonds is 6. The number of alkyl halides is 2. The summed E-state index contributed by atoms with van der Waals surface area (Å²) < 4.78 is 32.6. The number of likely N-dealkylation sites (N-methyl/N-ethyl adjacent to an activating group) is 1. The molecule has 2 heterocycles. The van der Waals surface area contributed by atoms with E-state index in [-0.39, 0.29) is 24.9 Å². The van der Waals surface area contributed by atoms with E-state index in [1.54, 1.807) is 12.3 Å². The number of amides is 1. The summed E-state index contributed by atoms with van der Waals surface area (Å²) in [6.45, 7) is 2.43. The molecular formula is C18H22F2N4O2. The van der Waals surface area contributed by atoms with Crippen molar-refractivity contribution in [2.45, 2.75) is 51.1 Å². The molecule has 0 aromatic carbocycles. The van der Waals surface area contributed by atoms with Crippen LogP contribution in [-0.2, 0) is 11.2 Å². The maximum atomic E-state index is 13.3. The number of hydrogen-bond acceptors (Lipinski definition) is 4. The highest BCUT2D eigenvalue weighted by molar-refractivity contribution is 5.88. The van der Waals surface area contributed by atoms with E-state index < -0.39 is 5.92 Å². The molecular weight excluding hydrogens is 342 g/mol. The fourth-order valence-corrected chi connectivity index (χ4v) is 3.06. The van der Waals surface area contributed by atoms with Gasteiger partial charge in [0.25, 0.3) is 0 Å². The molecule has 6 nitrogen and oxygen atoms in total. The molecule has 1 aliphatic carbocycles. The molecule has 0 atom stereocenters. The van der Waals surface area contributed by atoms with Gasteiger partial charge in [0.05, 0.1) is 5.39 Å². The number of allylic oxidation sites excluding steroid dienone is 1. The summed E-state index contributed by atoms with van der Waals surface area (Å²) in [7, 11) is 0. The monoisotopic (exact) mass is 364 g/mol. The van der Waals surface area contributed by atoms with Gasteiger partial charge in [-0.05, 0) is 37.8 Å². The Kier molecular flexibility index (Phi) is 5.49. The first-order valence-corrected chi connectivity index (χ1v) is 8.78. The number of halogens is 2. The van der Waals surface area contributed by atoms with E-state index in [0.29, 0.717) is 37.3 Å². The molecule has 1 saturated carbocycles. The van der Waals surface area contributed by atoms with Crippen molar-refractivity contribution in [1.82, 2.24) is 20.3 Å². The van der Waals surface area contributed by atoms with Crippen molar-refractivity contribution in [3.63, 3.8) is 0 Å². The van der Waals surface area contributed by atoms with Crippen LogP contribution in [0.3, 0.4) is 0 Å². The fraction of sp³-hybridized carbons (Fsp3) is 0.500. The van der Waals surface area contributed by atoms with Gasteiger partial charge >= 0.3 is 0 Å². The van der Waals surface area contributed by atoms with Gasteiger partial charge in [-0.25, -0.2) is 18.7 Å². The molecule has 1 fully saturated rings. The Balaban J connectivity index is 1.74. The minimum Gasteiger partial charge on any atom is -0.474 e. The standard InChI is InChI=1S/C18H22F2N4O2/c1-2-21-14(25)5-3-4-12-10-22-16-15(12)17(24-11-23-16)26-13-6-8-18(19,20)9-7-13/h3,5,10-11,13H,2,4,6-9H2,1H3,(H,21,25)(H,22,23,24)/b5-3+. The molecule has 0 radical (unpaired) electrons. The third-order valence-corrected chi connectivity index (χ3v) is 4.42. The normalized spacial score (nSPS) is 17.7. The van der Waals surface area contributed by atoms with Crippen LogP contribution in [-0.4, -0.2) is 39.4 Å². The van der Waals surface area contributed by atoms with E-state index in [1.807, 2.05) is 6.92 Å². The van der Waals surface area contributed by atoms with Gasteiger partial charge in [-0.1, -0.05) is 6.08 Å². The molecule has 2 N–H and O–H groups in total. The topological polar surface area (TPSA) is 79.9 Å². The van der Waals surface area contributed by atoms with Gasteiger partial charge in [-0.2, -0.15) is 0 Å². The maximum absolute atomic E-state index is 13.3. The molecule has 0 bridgehead atoms. The van der Waals surface area contributed by atoms with Gasteiger partial charge in [0, 0.05) is 25.6 Å². The Hall–Kier alpha value is -2.51. The fourth-order valence-electron chi connectivity index (χ4n) is 3.06. The minimum atomic E-state index is -2.59. The number of nitrogens with zero attached hydrogens (tertiary/aromatic N) is 2. The summed E-state index contributed by atoms with van der Waals surface area (Å²) in [4.78, 5) is 22.9. The molecule has 26 heavy (non-hydrogen) atoms. The van der Waals surface area contributed by atoms with Gasteiger partial charge in [-0.15, -0.1) is 0 Å². The van der Waals surface area contributed by atoms with E-state index in [2.05, 4.69) is 20.3 Å². The summed E-state index contributed by atoms with van der Waals surface area (Å²) in [5.74, 6) is -2.35. The van der Waals surface area contributed by atoms with E-state index in [9.17, 15) is 13.6 Å². The lowest BCUT2D eigenvalue weighted by Crippen LogP contribution is -2.31. The Morgan fingerprint density at radius 2 is 2.19 bits per heavy atom. The third kappa shape index (κ3) is 4.36. The Labute approximate surface area is 150 Å². The molecule has 0 saturated heterocycles. The second-order valence-corrected chi connectivity index (χ2v) is 6.39. The number of fused-ring (bicyclic) bond motifs is 1. The van der Waals surface area contributed by atoms with Crippen molar-refractivity contribution < 1.29 is 18.3 Å². The zero-order valence-corrected chi connectivity index (χ0v) is 14.6. The Morgan fingerprint density at radius 1 is 1.42 bits per heavy atom. The number of hydrogen-bond donors (Lipinski definition) is 2. The molecule has 0 aliphatic heterocycles. The highest BCUT2D eigenvalue weighted by atomic mass is 19.3. The highest BCUT2D eigenvalue weighted by Crippen LogP contribution is 2.36. The van der Waals surface area contributed by atoms with Crippen LogP contribution in [0, 0.1) is 0 Å². The number of nitrogens with one attached hydrogen (secondary N) is 2. The van der Waals surface area contributed by atoms with Crippen molar-refractivity contribution in [2.24, 2.45) is 0 Å². The molecule has 1 aliphatic rings. The largest absolute Gasteiger partial charge is 0.474 e. The molecule has 1 amide bonds. The van der Waals surface area contributed by atoms with Crippen molar-refractivity contribution >= 4 is 16.9 Å². The average molecular weight is 364 g/mol. The summed E-state index contributed by atoms with van der Waals surface area (Å²) in [6.07, 6.45) is 6.92. The zero-order valence-electron chi connectivity index (χ0n) is 14.6. The van der Waals surface area contributed by atoms with Crippen LogP contribution in [0.25, 0.3) is 11.0 Å². The molecule has 3 rings (SSSR count). The first kappa shape index (κ1) is 18.3. The van der Waals surface area contributed by atoms with Gasteiger partial charge in [-0.3, -0.25) is 4.79 Å². The van der Waals surface area contributed by atoms with Crippen LogP contribution < -0.4 is 10.1 Å². The molecule has 0 spiro atoms. The van der Waals surface area contributed by atoms with E-state index in [1.165, 1.54) is 12.4 Å². The van der Waals surface area contributed by atoms with Crippen LogP contribution in [0.15, 0.2) is 24.7 Å². The summed E-state index contributed by atoms with van der Waals surface area (Å²) >= 11 is 0. The Bertz CT molecular complexity index is 794. The van der Waals surface area contributed by atoms with Crippen molar-refractivity contribution in [1.29, 1.82) is 0 Å². The lowest BCUT2D eigenvalue weighted by atomic mass is 9.94.